The number of carbonyl (C=O) groups excluding carboxylic acids is 1. The molecule has 1 aromatic rings. The summed E-state index contributed by atoms with van der Waals surface area (Å²) < 4.78 is 5.42. The highest BCUT2D eigenvalue weighted by atomic mass is 16.6. The standard InChI is InChI=1S/C19H28N2O4/c1-19(2,3)25-18(22)20-13-11-16(12-14-20)6-4-5-15-7-9-17(10-8-15)21(23)24/h7-10,16H,4-6,11-14H2,1-3H3. The molecule has 0 atom stereocenters. The van der Waals surface area contributed by atoms with Crippen LogP contribution in [0.25, 0.3) is 0 Å². The summed E-state index contributed by atoms with van der Waals surface area (Å²) in [7, 11) is 0. The van der Waals surface area contributed by atoms with E-state index < -0.39 is 5.60 Å². The minimum absolute atomic E-state index is 0.137. The van der Waals surface area contributed by atoms with Crippen molar-refractivity contribution in [2.45, 2.75) is 58.5 Å². The van der Waals surface area contributed by atoms with Crippen LogP contribution in [-0.2, 0) is 11.2 Å². The van der Waals surface area contributed by atoms with Crippen molar-refractivity contribution in [3.8, 4) is 0 Å². The zero-order valence-electron chi connectivity index (χ0n) is 15.4. The van der Waals surface area contributed by atoms with E-state index >= 15 is 0 Å². The van der Waals surface area contributed by atoms with Gasteiger partial charge in [-0.05, 0) is 64.4 Å². The van der Waals surface area contributed by atoms with E-state index in [0.29, 0.717) is 5.92 Å². The van der Waals surface area contributed by atoms with E-state index in [9.17, 15) is 14.9 Å². The lowest BCUT2D eigenvalue weighted by atomic mass is 9.91. The molecule has 1 aliphatic heterocycles. The average Bonchev–Trinajstić information content (AvgIpc) is 2.54. The number of hydrogen-bond donors (Lipinski definition) is 0. The molecule has 1 fully saturated rings. The largest absolute Gasteiger partial charge is 0.444 e. The van der Waals surface area contributed by atoms with Crippen LogP contribution < -0.4 is 0 Å². The third kappa shape index (κ3) is 6.36. The molecule has 0 aromatic heterocycles. The molecule has 0 spiro atoms. The number of nitro benzene ring substituents is 1. The number of rotatable bonds is 5. The van der Waals surface area contributed by atoms with Crippen LogP contribution in [0.5, 0.6) is 0 Å². The third-order valence-corrected chi connectivity index (χ3v) is 4.49. The summed E-state index contributed by atoms with van der Waals surface area (Å²) in [6.07, 6.45) is 4.94. The first-order valence-corrected chi connectivity index (χ1v) is 8.96. The van der Waals surface area contributed by atoms with Gasteiger partial charge in [0.1, 0.15) is 5.60 Å². The maximum atomic E-state index is 12.1. The number of likely N-dealkylation sites (tertiary alicyclic amines) is 1. The quantitative estimate of drug-likeness (QED) is 0.577. The van der Waals surface area contributed by atoms with E-state index in [4.69, 9.17) is 4.74 Å². The number of non-ortho nitro benzene ring substituents is 1. The van der Waals surface area contributed by atoms with E-state index in [-0.39, 0.29) is 16.7 Å². The van der Waals surface area contributed by atoms with Gasteiger partial charge in [0.25, 0.3) is 5.69 Å². The molecule has 1 saturated heterocycles. The molecule has 25 heavy (non-hydrogen) atoms. The summed E-state index contributed by atoms with van der Waals surface area (Å²) in [5.41, 5.74) is 0.827. The number of nitrogens with zero attached hydrogens (tertiary/aromatic N) is 2. The zero-order valence-corrected chi connectivity index (χ0v) is 15.4. The van der Waals surface area contributed by atoms with Gasteiger partial charge in [0, 0.05) is 25.2 Å². The van der Waals surface area contributed by atoms with Gasteiger partial charge in [-0.1, -0.05) is 12.1 Å². The number of piperidine rings is 1. The first-order valence-electron chi connectivity index (χ1n) is 8.96. The van der Waals surface area contributed by atoms with Crippen molar-refractivity contribution < 1.29 is 14.5 Å². The molecular formula is C19H28N2O4. The molecule has 0 bridgehead atoms. The molecule has 1 aliphatic rings. The van der Waals surface area contributed by atoms with Crippen molar-refractivity contribution in [1.29, 1.82) is 0 Å². The molecule has 0 N–H and O–H groups in total. The lowest BCUT2D eigenvalue weighted by molar-refractivity contribution is -0.384. The van der Waals surface area contributed by atoms with E-state index in [0.717, 1.165) is 50.8 Å². The molecule has 2 rings (SSSR count). The van der Waals surface area contributed by atoms with Gasteiger partial charge in [-0.2, -0.15) is 0 Å². The number of benzene rings is 1. The fourth-order valence-corrected chi connectivity index (χ4v) is 3.11. The number of amides is 1. The van der Waals surface area contributed by atoms with Crippen LogP contribution >= 0.6 is 0 Å². The molecular weight excluding hydrogens is 320 g/mol. The molecule has 0 radical (unpaired) electrons. The van der Waals surface area contributed by atoms with Gasteiger partial charge in [-0.3, -0.25) is 10.1 Å². The molecule has 1 aromatic carbocycles. The highest BCUT2D eigenvalue weighted by molar-refractivity contribution is 5.68. The van der Waals surface area contributed by atoms with E-state index in [1.54, 1.807) is 17.0 Å². The fourth-order valence-electron chi connectivity index (χ4n) is 3.11. The Morgan fingerprint density at radius 1 is 1.24 bits per heavy atom. The summed E-state index contributed by atoms with van der Waals surface area (Å²) in [6.45, 7) is 7.18. The molecule has 1 heterocycles. The van der Waals surface area contributed by atoms with E-state index in [2.05, 4.69) is 0 Å². The number of hydrogen-bond acceptors (Lipinski definition) is 4. The molecule has 6 nitrogen and oxygen atoms in total. The van der Waals surface area contributed by atoms with Crippen molar-refractivity contribution in [1.82, 2.24) is 4.90 Å². The van der Waals surface area contributed by atoms with Crippen molar-refractivity contribution in [2.24, 2.45) is 5.92 Å². The van der Waals surface area contributed by atoms with Gasteiger partial charge in [0.2, 0.25) is 0 Å². The Bertz CT molecular complexity index is 584. The Balaban J connectivity index is 1.68. The van der Waals surface area contributed by atoms with Crippen LogP contribution in [0.15, 0.2) is 24.3 Å². The highest BCUT2D eigenvalue weighted by Gasteiger charge is 2.26. The maximum absolute atomic E-state index is 12.1. The Morgan fingerprint density at radius 3 is 2.36 bits per heavy atom. The second kappa shape index (κ2) is 8.32. The molecule has 0 unspecified atom stereocenters. The van der Waals surface area contributed by atoms with Gasteiger partial charge in [0.15, 0.2) is 0 Å². The number of nitro groups is 1. The van der Waals surface area contributed by atoms with Crippen LogP contribution in [-0.4, -0.2) is 34.6 Å². The first kappa shape index (κ1) is 19.2. The van der Waals surface area contributed by atoms with Crippen molar-refractivity contribution in [3.63, 3.8) is 0 Å². The normalized spacial score (nSPS) is 15.9. The Labute approximate surface area is 149 Å². The van der Waals surface area contributed by atoms with Crippen LogP contribution in [0.4, 0.5) is 10.5 Å². The highest BCUT2D eigenvalue weighted by Crippen LogP contribution is 2.24. The second-order valence-electron chi connectivity index (χ2n) is 7.73. The monoisotopic (exact) mass is 348 g/mol. The second-order valence-corrected chi connectivity index (χ2v) is 7.73. The van der Waals surface area contributed by atoms with Crippen LogP contribution in [0, 0.1) is 16.0 Å². The lowest BCUT2D eigenvalue weighted by Crippen LogP contribution is -2.41. The Kier molecular flexibility index (Phi) is 6.39. The molecule has 0 saturated carbocycles. The van der Waals surface area contributed by atoms with Crippen LogP contribution in [0.3, 0.4) is 0 Å². The minimum Gasteiger partial charge on any atom is -0.444 e. The first-order chi connectivity index (χ1) is 11.7. The summed E-state index contributed by atoms with van der Waals surface area (Å²) in [5, 5.41) is 10.7. The lowest BCUT2D eigenvalue weighted by Gasteiger charge is -2.33. The number of carbonyl (C=O) groups is 1. The van der Waals surface area contributed by atoms with Crippen molar-refractivity contribution in [3.05, 3.63) is 39.9 Å². The number of ether oxygens (including phenoxy) is 1. The van der Waals surface area contributed by atoms with Gasteiger partial charge in [-0.25, -0.2) is 4.79 Å². The summed E-state index contributed by atoms with van der Waals surface area (Å²) in [6, 6.07) is 6.80. The van der Waals surface area contributed by atoms with Gasteiger partial charge in [-0.15, -0.1) is 0 Å². The van der Waals surface area contributed by atoms with Crippen molar-refractivity contribution >= 4 is 11.8 Å². The smallest absolute Gasteiger partial charge is 0.410 e. The maximum Gasteiger partial charge on any atom is 0.410 e. The molecule has 138 valence electrons. The predicted octanol–water partition coefficient (Wildman–Crippen LogP) is 4.56. The van der Waals surface area contributed by atoms with Gasteiger partial charge in [0.05, 0.1) is 4.92 Å². The Hall–Kier alpha value is -2.11. The van der Waals surface area contributed by atoms with Crippen LogP contribution in [0.2, 0.25) is 0 Å². The summed E-state index contributed by atoms with van der Waals surface area (Å²) in [4.78, 5) is 24.1. The fraction of sp³-hybridized carbons (Fsp3) is 0.632. The van der Waals surface area contributed by atoms with Crippen molar-refractivity contribution in [2.75, 3.05) is 13.1 Å². The van der Waals surface area contributed by atoms with E-state index in [1.807, 2.05) is 32.9 Å². The predicted molar refractivity (Wildman–Crippen MR) is 96.6 cm³/mol. The van der Waals surface area contributed by atoms with E-state index in [1.165, 1.54) is 0 Å². The Morgan fingerprint density at radius 2 is 1.84 bits per heavy atom. The van der Waals surface area contributed by atoms with Crippen LogP contribution in [0.1, 0.15) is 52.0 Å². The third-order valence-electron chi connectivity index (χ3n) is 4.49. The van der Waals surface area contributed by atoms with Gasteiger partial charge < -0.3 is 9.64 Å². The van der Waals surface area contributed by atoms with Gasteiger partial charge >= 0.3 is 6.09 Å². The summed E-state index contributed by atoms with van der Waals surface area (Å²) >= 11 is 0. The molecule has 1 amide bonds. The average molecular weight is 348 g/mol. The zero-order chi connectivity index (χ0) is 18.4. The number of aryl methyl sites for hydroxylation is 1. The molecule has 6 heteroatoms. The molecule has 0 aliphatic carbocycles. The summed E-state index contributed by atoms with van der Waals surface area (Å²) in [5.74, 6) is 0.636. The minimum atomic E-state index is -0.446. The SMILES string of the molecule is CC(C)(C)OC(=O)N1CCC(CCCc2ccc([N+](=O)[O-])cc2)CC1. The topological polar surface area (TPSA) is 72.7 Å².